The lowest BCUT2D eigenvalue weighted by atomic mass is 10.1. The Bertz CT molecular complexity index is 871. The Hall–Kier alpha value is -2.05. The fourth-order valence-electron chi connectivity index (χ4n) is 2.76. The number of carbonyl (C=O) groups excluding carboxylic acids is 2. The number of fused-ring (bicyclic) bond motifs is 1. The molecule has 0 unspecified atom stereocenters. The maximum atomic E-state index is 12.8. The topological polar surface area (TPSA) is 67.2 Å². The maximum absolute atomic E-state index is 12.8. The van der Waals surface area contributed by atoms with Crippen molar-refractivity contribution in [1.82, 2.24) is 20.0 Å². The molecule has 1 N–H and O–H groups in total. The molecule has 0 saturated heterocycles. The molecule has 0 fully saturated rings. The molecule has 0 bridgehead atoms. The molecule has 1 aromatic heterocycles. The van der Waals surface area contributed by atoms with Crippen molar-refractivity contribution >= 4 is 35.0 Å². The molecule has 26 heavy (non-hydrogen) atoms. The van der Waals surface area contributed by atoms with E-state index in [-0.39, 0.29) is 23.0 Å². The van der Waals surface area contributed by atoms with Crippen LogP contribution in [0.2, 0.25) is 10.0 Å². The third kappa shape index (κ3) is 4.02. The van der Waals surface area contributed by atoms with Gasteiger partial charge in [0, 0.05) is 24.7 Å². The molecule has 0 saturated carbocycles. The third-order valence-corrected chi connectivity index (χ3v) is 4.69. The Morgan fingerprint density at radius 2 is 1.92 bits per heavy atom. The van der Waals surface area contributed by atoms with Gasteiger partial charge < -0.3 is 10.2 Å². The summed E-state index contributed by atoms with van der Waals surface area (Å²) in [5.74, 6) is -0.451. The van der Waals surface area contributed by atoms with E-state index in [0.29, 0.717) is 35.4 Å². The predicted molar refractivity (Wildman–Crippen MR) is 101 cm³/mol. The van der Waals surface area contributed by atoms with Crippen LogP contribution in [0.4, 0.5) is 0 Å². The van der Waals surface area contributed by atoms with Crippen LogP contribution in [-0.2, 0) is 13.1 Å². The Labute approximate surface area is 162 Å². The van der Waals surface area contributed by atoms with Gasteiger partial charge in [-0.05, 0) is 38.5 Å². The van der Waals surface area contributed by atoms with E-state index in [1.807, 2.05) is 26.8 Å². The van der Waals surface area contributed by atoms with Crippen LogP contribution in [-0.4, -0.2) is 38.6 Å². The number of hydrogen-bond donors (Lipinski definition) is 1. The van der Waals surface area contributed by atoms with Crippen LogP contribution >= 0.6 is 23.2 Å². The van der Waals surface area contributed by atoms with Crippen LogP contribution in [0.15, 0.2) is 24.3 Å². The number of benzene rings is 1. The van der Waals surface area contributed by atoms with E-state index in [0.717, 1.165) is 5.56 Å². The Morgan fingerprint density at radius 1 is 1.19 bits per heavy atom. The number of nitrogens with one attached hydrogen (secondary N) is 1. The summed E-state index contributed by atoms with van der Waals surface area (Å²) in [6, 6.07) is 6.86. The molecule has 0 atom stereocenters. The molecule has 1 aromatic carbocycles. The summed E-state index contributed by atoms with van der Waals surface area (Å²) >= 11 is 12.0. The van der Waals surface area contributed by atoms with Gasteiger partial charge in [0.15, 0.2) is 5.69 Å². The van der Waals surface area contributed by atoms with Crippen LogP contribution in [0.25, 0.3) is 0 Å². The van der Waals surface area contributed by atoms with Gasteiger partial charge in [0.05, 0.1) is 16.6 Å². The fraction of sp³-hybridized carbons (Fsp3) is 0.389. The highest BCUT2D eigenvalue weighted by atomic mass is 35.5. The van der Waals surface area contributed by atoms with Crippen LogP contribution in [0.3, 0.4) is 0 Å². The van der Waals surface area contributed by atoms with Gasteiger partial charge in [-0.3, -0.25) is 14.3 Å². The van der Waals surface area contributed by atoms with Crippen molar-refractivity contribution in [3.8, 4) is 0 Å². The number of rotatable bonds is 3. The molecule has 138 valence electrons. The van der Waals surface area contributed by atoms with Crippen molar-refractivity contribution in [3.05, 3.63) is 51.3 Å². The second-order valence-electron chi connectivity index (χ2n) is 7.32. The average molecular weight is 395 g/mol. The molecule has 2 amide bonds. The summed E-state index contributed by atoms with van der Waals surface area (Å²) in [4.78, 5) is 26.8. The fourth-order valence-corrected chi connectivity index (χ4v) is 3.08. The molecule has 3 rings (SSSR count). The zero-order valence-electron chi connectivity index (χ0n) is 14.8. The number of nitrogens with zero attached hydrogens (tertiary/aromatic N) is 3. The van der Waals surface area contributed by atoms with Crippen LogP contribution in [0.1, 0.15) is 47.3 Å². The summed E-state index contributed by atoms with van der Waals surface area (Å²) in [5.41, 5.74) is 1.19. The SMILES string of the molecule is CC(C)(C)NC(=O)c1cc2n(n1)CCN(Cc1ccc(Cl)c(Cl)c1)C2=O. The van der Waals surface area contributed by atoms with Gasteiger partial charge in [0.25, 0.3) is 11.8 Å². The first-order valence-electron chi connectivity index (χ1n) is 8.27. The van der Waals surface area contributed by atoms with Gasteiger partial charge in [0.1, 0.15) is 5.69 Å². The number of carbonyl (C=O) groups is 2. The highest BCUT2D eigenvalue weighted by molar-refractivity contribution is 6.42. The minimum Gasteiger partial charge on any atom is -0.346 e. The first kappa shape index (κ1) is 18.7. The lowest BCUT2D eigenvalue weighted by Gasteiger charge is -2.27. The van der Waals surface area contributed by atoms with E-state index < -0.39 is 0 Å². The van der Waals surface area contributed by atoms with Gasteiger partial charge in [-0.1, -0.05) is 29.3 Å². The summed E-state index contributed by atoms with van der Waals surface area (Å²) in [6.07, 6.45) is 0. The lowest BCUT2D eigenvalue weighted by molar-refractivity contribution is 0.0683. The van der Waals surface area contributed by atoms with Crippen molar-refractivity contribution in [1.29, 1.82) is 0 Å². The van der Waals surface area contributed by atoms with E-state index in [2.05, 4.69) is 10.4 Å². The van der Waals surface area contributed by atoms with E-state index in [4.69, 9.17) is 23.2 Å². The summed E-state index contributed by atoms with van der Waals surface area (Å²) in [5, 5.41) is 8.06. The van der Waals surface area contributed by atoms with Gasteiger partial charge in [0.2, 0.25) is 0 Å². The molecule has 0 radical (unpaired) electrons. The monoisotopic (exact) mass is 394 g/mol. The third-order valence-electron chi connectivity index (χ3n) is 3.95. The zero-order valence-corrected chi connectivity index (χ0v) is 16.4. The minimum absolute atomic E-state index is 0.162. The normalized spacial score (nSPS) is 14.3. The summed E-state index contributed by atoms with van der Waals surface area (Å²) < 4.78 is 1.59. The maximum Gasteiger partial charge on any atom is 0.272 e. The van der Waals surface area contributed by atoms with Crippen LogP contribution < -0.4 is 5.32 Å². The lowest BCUT2D eigenvalue weighted by Crippen LogP contribution is -2.40. The smallest absolute Gasteiger partial charge is 0.272 e. The van der Waals surface area contributed by atoms with Crippen molar-refractivity contribution in [2.24, 2.45) is 0 Å². The molecule has 0 aliphatic carbocycles. The van der Waals surface area contributed by atoms with Gasteiger partial charge in [-0.15, -0.1) is 0 Å². The Kier molecular flexibility index (Phi) is 4.99. The number of amides is 2. The molecule has 2 aromatic rings. The highest BCUT2D eigenvalue weighted by Crippen LogP contribution is 2.24. The Balaban J connectivity index is 1.77. The van der Waals surface area contributed by atoms with Crippen molar-refractivity contribution < 1.29 is 9.59 Å². The number of aromatic nitrogens is 2. The second-order valence-corrected chi connectivity index (χ2v) is 8.13. The van der Waals surface area contributed by atoms with Gasteiger partial charge in [-0.2, -0.15) is 5.10 Å². The molecule has 1 aliphatic rings. The highest BCUT2D eigenvalue weighted by Gasteiger charge is 2.28. The molecule has 8 heteroatoms. The molecular weight excluding hydrogens is 375 g/mol. The molecular formula is C18H20Cl2N4O2. The minimum atomic E-state index is -0.370. The molecule has 2 heterocycles. The van der Waals surface area contributed by atoms with Crippen molar-refractivity contribution in [3.63, 3.8) is 0 Å². The Morgan fingerprint density at radius 3 is 2.58 bits per heavy atom. The van der Waals surface area contributed by atoms with E-state index >= 15 is 0 Å². The predicted octanol–water partition coefficient (Wildman–Crippen LogP) is 3.37. The van der Waals surface area contributed by atoms with E-state index in [9.17, 15) is 9.59 Å². The number of hydrogen-bond acceptors (Lipinski definition) is 3. The quantitative estimate of drug-likeness (QED) is 0.867. The summed E-state index contributed by atoms with van der Waals surface area (Å²) in [6.45, 7) is 7.14. The summed E-state index contributed by atoms with van der Waals surface area (Å²) in [7, 11) is 0. The van der Waals surface area contributed by atoms with Gasteiger partial charge in [-0.25, -0.2) is 0 Å². The molecule has 0 spiro atoms. The average Bonchev–Trinajstić information content (AvgIpc) is 2.97. The largest absolute Gasteiger partial charge is 0.346 e. The molecule has 6 nitrogen and oxygen atoms in total. The van der Waals surface area contributed by atoms with Crippen molar-refractivity contribution in [2.75, 3.05) is 6.54 Å². The van der Waals surface area contributed by atoms with Crippen LogP contribution in [0.5, 0.6) is 0 Å². The molecule has 1 aliphatic heterocycles. The second kappa shape index (κ2) is 6.93. The standard InChI is InChI=1S/C18H20Cl2N4O2/c1-18(2,3)21-16(25)14-9-15-17(26)23(6-7-24(15)22-14)10-11-4-5-12(19)13(20)8-11/h4-5,8-9H,6-7,10H2,1-3H3,(H,21,25). The number of halogens is 2. The van der Waals surface area contributed by atoms with Gasteiger partial charge >= 0.3 is 0 Å². The van der Waals surface area contributed by atoms with Crippen molar-refractivity contribution in [2.45, 2.75) is 39.4 Å². The van der Waals surface area contributed by atoms with Crippen LogP contribution in [0, 0.1) is 0 Å². The first-order valence-corrected chi connectivity index (χ1v) is 9.03. The van der Waals surface area contributed by atoms with E-state index in [1.54, 1.807) is 27.8 Å². The first-order chi connectivity index (χ1) is 12.1. The van der Waals surface area contributed by atoms with E-state index in [1.165, 1.54) is 0 Å². The zero-order chi connectivity index (χ0) is 19.1.